The highest BCUT2D eigenvalue weighted by molar-refractivity contribution is 5.26. The first-order valence-corrected chi connectivity index (χ1v) is 14.6. The summed E-state index contributed by atoms with van der Waals surface area (Å²) in [6.45, 7) is 11.8. The van der Waals surface area contributed by atoms with Gasteiger partial charge in [-0.15, -0.1) is 0 Å². The minimum absolute atomic E-state index is 0.0296. The fourth-order valence-corrected chi connectivity index (χ4v) is 7.49. The molecular weight excluding hydrogens is 500 g/mol. The van der Waals surface area contributed by atoms with Crippen LogP contribution in [0.4, 0.5) is 0 Å². The lowest BCUT2D eigenvalue weighted by atomic mass is 9.62. The summed E-state index contributed by atoms with van der Waals surface area (Å²) in [7, 11) is 1.67. The summed E-state index contributed by atoms with van der Waals surface area (Å²) < 4.78 is 43.5. The number of hydrogen-bond acceptors (Lipinski definition) is 8. The van der Waals surface area contributed by atoms with Gasteiger partial charge in [0.2, 0.25) is 0 Å². The molecule has 0 aromatic heterocycles. The second-order valence-electron chi connectivity index (χ2n) is 12.7. The number of aliphatic hydroxyl groups is 1. The quantitative estimate of drug-likeness (QED) is 0.507. The lowest BCUT2D eigenvalue weighted by Gasteiger charge is -2.61. The van der Waals surface area contributed by atoms with Crippen molar-refractivity contribution < 1.29 is 38.3 Å². The zero-order valence-corrected chi connectivity index (χ0v) is 23.7. The summed E-state index contributed by atoms with van der Waals surface area (Å²) in [5.41, 5.74) is 1.95. The second kappa shape index (κ2) is 10.7. The average Bonchev–Trinajstić information content (AvgIpc) is 3.27. The number of benzene rings is 1. The molecular formula is C31H44O8. The van der Waals surface area contributed by atoms with Crippen LogP contribution in [0.25, 0.3) is 0 Å². The Morgan fingerprint density at radius 2 is 1.87 bits per heavy atom. The standard InChI is InChI=1S/C31H44O8/c1-18-12-25(32)29(36-27(18)26-17-35-30(3,4)38-26)28-24-13-21-8-11-23(37-31(21,39-28)14-19(24)2)16-34-15-20-6-9-22(33-5)10-7-20/h6-7,9-10,19,21,23-29,32H,1,8,11-17H2,2-5H3/t19-,21?,23+,24?,25+,26+,27-,28-,29+,31-/m1/s1. The van der Waals surface area contributed by atoms with Gasteiger partial charge < -0.3 is 38.3 Å². The van der Waals surface area contributed by atoms with Crippen LogP contribution in [-0.4, -0.2) is 73.6 Å². The summed E-state index contributed by atoms with van der Waals surface area (Å²) >= 11 is 0. The summed E-state index contributed by atoms with van der Waals surface area (Å²) in [6, 6.07) is 7.94. The first-order valence-electron chi connectivity index (χ1n) is 14.6. The van der Waals surface area contributed by atoms with Gasteiger partial charge in [0.25, 0.3) is 0 Å². The molecule has 2 unspecified atom stereocenters. The number of aliphatic hydroxyl groups excluding tert-OH is 1. The molecule has 5 aliphatic heterocycles. The van der Waals surface area contributed by atoms with Crippen LogP contribution in [0.5, 0.6) is 5.75 Å². The summed E-state index contributed by atoms with van der Waals surface area (Å²) in [4.78, 5) is 0. The Morgan fingerprint density at radius 1 is 1.08 bits per heavy atom. The third-order valence-corrected chi connectivity index (χ3v) is 9.46. The Morgan fingerprint density at radius 3 is 2.59 bits per heavy atom. The Balaban J connectivity index is 1.12. The average molecular weight is 545 g/mol. The van der Waals surface area contributed by atoms with Gasteiger partial charge in [-0.2, -0.15) is 0 Å². The predicted molar refractivity (Wildman–Crippen MR) is 143 cm³/mol. The molecule has 5 saturated heterocycles. The van der Waals surface area contributed by atoms with Crippen LogP contribution in [0.3, 0.4) is 0 Å². The normalized spacial score (nSPS) is 43.3. The highest BCUT2D eigenvalue weighted by Crippen LogP contribution is 2.57. The second-order valence-corrected chi connectivity index (χ2v) is 12.7. The molecule has 1 spiro atoms. The SMILES string of the molecule is C=C1C[C@H](O)[C@@H]([C@@H]2O[C@]34C[C@@H](C)C2CC3CC[C@@H](COCc2ccc(OC)cc2)O4)O[C@H]1[C@@H]1COC(C)(C)O1. The molecule has 39 heavy (non-hydrogen) atoms. The van der Waals surface area contributed by atoms with E-state index in [4.69, 9.17) is 33.2 Å². The number of rotatable bonds is 7. The zero-order valence-electron chi connectivity index (χ0n) is 23.7. The Hall–Kier alpha value is -1.52. The van der Waals surface area contributed by atoms with Gasteiger partial charge in [0.05, 0.1) is 45.2 Å². The lowest BCUT2D eigenvalue weighted by Crippen LogP contribution is -2.67. The summed E-state index contributed by atoms with van der Waals surface area (Å²) in [6.07, 6.45) is 2.38. The molecule has 8 heteroatoms. The van der Waals surface area contributed by atoms with Crippen molar-refractivity contribution in [1.82, 2.24) is 0 Å². The van der Waals surface area contributed by atoms with Crippen LogP contribution in [-0.2, 0) is 35.0 Å². The van der Waals surface area contributed by atoms with Crippen molar-refractivity contribution in [2.45, 2.75) is 108 Å². The van der Waals surface area contributed by atoms with Crippen LogP contribution in [0.1, 0.15) is 58.4 Å². The maximum absolute atomic E-state index is 11.2. The van der Waals surface area contributed by atoms with E-state index < -0.39 is 23.8 Å². The molecule has 1 N–H and O–H groups in total. The van der Waals surface area contributed by atoms with Crippen molar-refractivity contribution >= 4 is 0 Å². The number of fused-ring (bicyclic) bond motifs is 2. The largest absolute Gasteiger partial charge is 0.497 e. The van der Waals surface area contributed by atoms with E-state index in [1.807, 2.05) is 38.1 Å². The molecule has 1 aromatic carbocycles. The monoisotopic (exact) mass is 544 g/mol. The number of hydrogen-bond donors (Lipinski definition) is 1. The lowest BCUT2D eigenvalue weighted by molar-refractivity contribution is -0.402. The van der Waals surface area contributed by atoms with Crippen molar-refractivity contribution in [2.24, 2.45) is 17.8 Å². The third kappa shape index (κ3) is 5.42. The fourth-order valence-electron chi connectivity index (χ4n) is 7.49. The van der Waals surface area contributed by atoms with Gasteiger partial charge in [-0.1, -0.05) is 25.6 Å². The maximum atomic E-state index is 11.2. The van der Waals surface area contributed by atoms with Crippen LogP contribution in [0, 0.1) is 17.8 Å². The summed E-state index contributed by atoms with van der Waals surface area (Å²) in [5.74, 6) is 0.597. The van der Waals surface area contributed by atoms with E-state index in [1.165, 1.54) is 0 Å². The van der Waals surface area contributed by atoms with Gasteiger partial charge >= 0.3 is 0 Å². The molecule has 0 radical (unpaired) electrons. The molecule has 6 fully saturated rings. The van der Waals surface area contributed by atoms with Crippen molar-refractivity contribution in [2.75, 3.05) is 20.3 Å². The smallest absolute Gasteiger partial charge is 0.172 e. The topological polar surface area (TPSA) is 84.8 Å². The van der Waals surface area contributed by atoms with Gasteiger partial charge in [0.1, 0.15) is 24.1 Å². The van der Waals surface area contributed by atoms with Gasteiger partial charge in [0, 0.05) is 12.3 Å². The van der Waals surface area contributed by atoms with Crippen molar-refractivity contribution in [1.29, 1.82) is 0 Å². The summed E-state index contributed by atoms with van der Waals surface area (Å²) in [5, 5.41) is 11.2. The molecule has 1 aliphatic carbocycles. The molecule has 2 bridgehead atoms. The van der Waals surface area contributed by atoms with E-state index in [0.29, 0.717) is 44.0 Å². The molecule has 8 nitrogen and oxygen atoms in total. The number of ether oxygens (including phenoxy) is 7. The number of methoxy groups -OCH3 is 1. The molecule has 0 amide bonds. The molecule has 7 rings (SSSR count). The fraction of sp³-hybridized carbons (Fsp3) is 0.742. The first-order chi connectivity index (χ1) is 18.7. The Kier molecular flexibility index (Phi) is 7.59. The van der Waals surface area contributed by atoms with Gasteiger partial charge in [-0.25, -0.2) is 0 Å². The van der Waals surface area contributed by atoms with Gasteiger partial charge in [0.15, 0.2) is 11.6 Å². The van der Waals surface area contributed by atoms with Gasteiger partial charge in [-0.05, 0) is 74.6 Å². The Labute approximate surface area is 231 Å². The molecule has 1 aromatic rings. The molecule has 10 atom stereocenters. The van der Waals surface area contributed by atoms with E-state index in [9.17, 15) is 5.11 Å². The van der Waals surface area contributed by atoms with Crippen molar-refractivity contribution in [3.63, 3.8) is 0 Å². The van der Waals surface area contributed by atoms with Crippen molar-refractivity contribution in [3.05, 3.63) is 42.0 Å². The minimum atomic E-state index is -0.678. The zero-order chi connectivity index (χ0) is 27.4. The highest BCUT2D eigenvalue weighted by Gasteiger charge is 2.62. The molecule has 216 valence electrons. The molecule has 6 aliphatic rings. The van der Waals surface area contributed by atoms with Crippen LogP contribution >= 0.6 is 0 Å². The van der Waals surface area contributed by atoms with Gasteiger partial charge in [-0.3, -0.25) is 0 Å². The van der Waals surface area contributed by atoms with E-state index in [-0.39, 0.29) is 24.4 Å². The van der Waals surface area contributed by atoms with Crippen LogP contribution in [0.2, 0.25) is 0 Å². The highest BCUT2D eigenvalue weighted by atomic mass is 16.8. The van der Waals surface area contributed by atoms with E-state index >= 15 is 0 Å². The molecule has 5 heterocycles. The van der Waals surface area contributed by atoms with Crippen LogP contribution in [0.15, 0.2) is 36.4 Å². The Bertz CT molecular complexity index is 1030. The van der Waals surface area contributed by atoms with E-state index in [2.05, 4.69) is 13.5 Å². The van der Waals surface area contributed by atoms with Crippen LogP contribution < -0.4 is 4.74 Å². The molecule has 1 saturated carbocycles. The first kappa shape index (κ1) is 27.6. The van der Waals surface area contributed by atoms with E-state index in [1.54, 1.807) is 7.11 Å². The minimum Gasteiger partial charge on any atom is -0.497 e. The third-order valence-electron chi connectivity index (χ3n) is 9.46. The predicted octanol–water partition coefficient (Wildman–Crippen LogP) is 4.37. The maximum Gasteiger partial charge on any atom is 0.172 e. The van der Waals surface area contributed by atoms with E-state index in [0.717, 1.165) is 42.6 Å². The van der Waals surface area contributed by atoms with Crippen molar-refractivity contribution in [3.8, 4) is 5.75 Å².